The molecule has 2 rings (SSSR count). The fourth-order valence-corrected chi connectivity index (χ4v) is 2.26. The van der Waals surface area contributed by atoms with Gasteiger partial charge < -0.3 is 14.5 Å². The fourth-order valence-electron chi connectivity index (χ4n) is 2.26. The molecular weight excluding hydrogens is 226 g/mol. The van der Waals surface area contributed by atoms with Crippen LogP contribution in [0.2, 0.25) is 0 Å². The minimum Gasteiger partial charge on any atom is -0.493 e. The molecule has 98 valence electrons. The van der Waals surface area contributed by atoms with Crippen molar-refractivity contribution >= 4 is 11.0 Å². The van der Waals surface area contributed by atoms with Crippen molar-refractivity contribution in [2.24, 2.45) is 0 Å². The molecule has 18 heavy (non-hydrogen) atoms. The van der Waals surface area contributed by atoms with Gasteiger partial charge in [-0.25, -0.2) is 0 Å². The summed E-state index contributed by atoms with van der Waals surface area (Å²) in [5.41, 5.74) is 2.04. The van der Waals surface area contributed by atoms with E-state index in [0.29, 0.717) is 0 Å². The maximum Gasteiger partial charge on any atom is 0.176 e. The number of furan rings is 1. The Kier molecular flexibility index (Phi) is 3.92. The number of fused-ring (bicyclic) bond motifs is 1. The largest absolute Gasteiger partial charge is 0.493 e. The van der Waals surface area contributed by atoms with Crippen molar-refractivity contribution in [2.45, 2.75) is 33.2 Å². The normalized spacial score (nSPS) is 12.9. The molecule has 1 aromatic carbocycles. The predicted molar refractivity (Wildman–Crippen MR) is 74.2 cm³/mol. The summed E-state index contributed by atoms with van der Waals surface area (Å²) in [4.78, 5) is 0. The van der Waals surface area contributed by atoms with Gasteiger partial charge in [-0.1, -0.05) is 19.1 Å². The van der Waals surface area contributed by atoms with E-state index in [0.717, 1.165) is 35.4 Å². The molecule has 1 heterocycles. The molecule has 3 heteroatoms. The molecule has 1 atom stereocenters. The lowest BCUT2D eigenvalue weighted by Crippen LogP contribution is -2.19. The molecule has 0 fully saturated rings. The molecule has 0 radical (unpaired) electrons. The van der Waals surface area contributed by atoms with Gasteiger partial charge in [-0.2, -0.15) is 0 Å². The number of hydrogen-bond donors (Lipinski definition) is 1. The van der Waals surface area contributed by atoms with Crippen molar-refractivity contribution in [1.29, 1.82) is 0 Å². The molecule has 1 N–H and O–H groups in total. The molecule has 3 nitrogen and oxygen atoms in total. The van der Waals surface area contributed by atoms with Crippen LogP contribution in [0.15, 0.2) is 22.6 Å². The molecular formula is C15H21NO2. The van der Waals surface area contributed by atoms with E-state index in [9.17, 15) is 0 Å². The molecule has 0 aliphatic heterocycles. The third kappa shape index (κ3) is 2.23. The molecule has 0 saturated carbocycles. The smallest absolute Gasteiger partial charge is 0.176 e. The summed E-state index contributed by atoms with van der Waals surface area (Å²) in [6, 6.07) is 6.23. The van der Waals surface area contributed by atoms with Gasteiger partial charge in [0.25, 0.3) is 0 Å². The van der Waals surface area contributed by atoms with Crippen LogP contribution in [0.4, 0.5) is 0 Å². The fraction of sp³-hybridized carbons (Fsp3) is 0.467. The zero-order valence-corrected chi connectivity index (χ0v) is 11.5. The highest BCUT2D eigenvalue weighted by atomic mass is 16.5. The summed E-state index contributed by atoms with van der Waals surface area (Å²) in [7, 11) is 1.67. The van der Waals surface area contributed by atoms with Gasteiger partial charge in [0.1, 0.15) is 5.76 Å². The van der Waals surface area contributed by atoms with Crippen molar-refractivity contribution in [3.63, 3.8) is 0 Å². The molecule has 0 aliphatic rings. The third-order valence-electron chi connectivity index (χ3n) is 3.28. The van der Waals surface area contributed by atoms with Crippen molar-refractivity contribution < 1.29 is 9.15 Å². The lowest BCUT2D eigenvalue weighted by atomic mass is 10.1. The number of rotatable bonds is 5. The summed E-state index contributed by atoms with van der Waals surface area (Å²) in [5, 5.41) is 4.59. The van der Waals surface area contributed by atoms with Gasteiger partial charge in [-0.15, -0.1) is 0 Å². The monoisotopic (exact) mass is 247 g/mol. The minimum atomic E-state index is 0.224. The van der Waals surface area contributed by atoms with Crippen LogP contribution in [0, 0.1) is 6.92 Å². The molecule has 0 bridgehead atoms. The maximum atomic E-state index is 5.99. The number of aryl methyl sites for hydroxylation is 1. The number of hydrogen-bond acceptors (Lipinski definition) is 3. The first-order valence-electron chi connectivity index (χ1n) is 6.48. The topological polar surface area (TPSA) is 34.4 Å². The molecule has 2 aromatic rings. The number of methoxy groups -OCH3 is 1. The van der Waals surface area contributed by atoms with Crippen LogP contribution in [-0.4, -0.2) is 13.7 Å². The molecule has 0 saturated heterocycles. The quantitative estimate of drug-likeness (QED) is 0.872. The lowest BCUT2D eigenvalue weighted by molar-refractivity contribution is 0.399. The van der Waals surface area contributed by atoms with Crippen LogP contribution in [0.1, 0.15) is 37.6 Å². The molecule has 1 unspecified atom stereocenters. The second-order valence-electron chi connectivity index (χ2n) is 4.60. The van der Waals surface area contributed by atoms with Gasteiger partial charge >= 0.3 is 0 Å². The standard InChI is InChI=1S/C15H21NO2/c1-5-9-16-11(3)14-10(2)12-7-6-8-13(17-4)15(12)18-14/h6-8,11,16H,5,9H2,1-4H3. The van der Waals surface area contributed by atoms with Crippen LogP contribution in [0.25, 0.3) is 11.0 Å². The van der Waals surface area contributed by atoms with E-state index in [1.807, 2.05) is 12.1 Å². The van der Waals surface area contributed by atoms with Gasteiger partial charge in [0.2, 0.25) is 0 Å². The van der Waals surface area contributed by atoms with Crippen molar-refractivity contribution in [3.05, 3.63) is 29.5 Å². The molecule has 1 aromatic heterocycles. The Morgan fingerprint density at radius 1 is 1.39 bits per heavy atom. The Balaban J connectivity index is 2.43. The van der Waals surface area contributed by atoms with Gasteiger partial charge in [-0.05, 0) is 32.9 Å². The maximum absolute atomic E-state index is 5.99. The summed E-state index contributed by atoms with van der Waals surface area (Å²) in [6.07, 6.45) is 1.12. The van der Waals surface area contributed by atoms with Gasteiger partial charge in [0.15, 0.2) is 11.3 Å². The highest BCUT2D eigenvalue weighted by Gasteiger charge is 2.17. The van der Waals surface area contributed by atoms with Crippen LogP contribution >= 0.6 is 0 Å². The van der Waals surface area contributed by atoms with Gasteiger partial charge in [-0.3, -0.25) is 0 Å². The first kappa shape index (κ1) is 13.0. The van der Waals surface area contributed by atoms with Crippen molar-refractivity contribution in [1.82, 2.24) is 5.32 Å². The molecule has 0 amide bonds. The SMILES string of the molecule is CCCNC(C)c1oc2c(OC)cccc2c1C. The Bertz CT molecular complexity index is 531. The van der Waals surface area contributed by atoms with Crippen molar-refractivity contribution in [3.8, 4) is 5.75 Å². The zero-order valence-electron chi connectivity index (χ0n) is 11.5. The Hall–Kier alpha value is -1.48. The first-order chi connectivity index (χ1) is 8.69. The van der Waals surface area contributed by atoms with E-state index in [4.69, 9.17) is 9.15 Å². The highest BCUT2D eigenvalue weighted by Crippen LogP contribution is 2.34. The summed E-state index contributed by atoms with van der Waals surface area (Å²) in [6.45, 7) is 7.39. The second kappa shape index (κ2) is 5.44. The van der Waals surface area contributed by atoms with E-state index >= 15 is 0 Å². The Morgan fingerprint density at radius 2 is 2.17 bits per heavy atom. The Morgan fingerprint density at radius 3 is 2.83 bits per heavy atom. The van der Waals surface area contributed by atoms with E-state index in [1.54, 1.807) is 7.11 Å². The van der Waals surface area contributed by atoms with Crippen molar-refractivity contribution in [2.75, 3.05) is 13.7 Å². The van der Waals surface area contributed by atoms with Crippen LogP contribution in [0.5, 0.6) is 5.75 Å². The number of benzene rings is 1. The average molecular weight is 247 g/mol. The number of para-hydroxylation sites is 1. The van der Waals surface area contributed by atoms with Gasteiger partial charge in [0.05, 0.1) is 13.2 Å². The van der Waals surface area contributed by atoms with E-state index < -0.39 is 0 Å². The van der Waals surface area contributed by atoms with Gasteiger partial charge in [0, 0.05) is 10.9 Å². The number of ether oxygens (including phenoxy) is 1. The third-order valence-corrected chi connectivity index (χ3v) is 3.28. The van der Waals surface area contributed by atoms with E-state index in [-0.39, 0.29) is 6.04 Å². The molecule has 0 spiro atoms. The number of nitrogens with one attached hydrogen (secondary N) is 1. The zero-order chi connectivity index (χ0) is 13.1. The first-order valence-corrected chi connectivity index (χ1v) is 6.48. The van der Waals surface area contributed by atoms with E-state index in [1.165, 1.54) is 5.56 Å². The summed E-state index contributed by atoms with van der Waals surface area (Å²) >= 11 is 0. The summed E-state index contributed by atoms with van der Waals surface area (Å²) < 4.78 is 11.3. The Labute approximate surface area is 108 Å². The minimum absolute atomic E-state index is 0.224. The van der Waals surface area contributed by atoms with E-state index in [2.05, 4.69) is 32.2 Å². The summed E-state index contributed by atoms with van der Waals surface area (Å²) in [5.74, 6) is 1.80. The van der Waals surface area contributed by atoms with Crippen LogP contribution in [0.3, 0.4) is 0 Å². The molecule has 0 aliphatic carbocycles. The van der Waals surface area contributed by atoms with Crippen LogP contribution < -0.4 is 10.1 Å². The lowest BCUT2D eigenvalue weighted by Gasteiger charge is -2.11. The average Bonchev–Trinajstić information content (AvgIpc) is 2.73. The second-order valence-corrected chi connectivity index (χ2v) is 4.60. The van der Waals surface area contributed by atoms with Crippen LogP contribution in [-0.2, 0) is 0 Å². The predicted octanol–water partition coefficient (Wildman–Crippen LogP) is 3.81. The highest BCUT2D eigenvalue weighted by molar-refractivity contribution is 5.87.